The quantitative estimate of drug-likeness (QED) is 0.784. The fourth-order valence-electron chi connectivity index (χ4n) is 2.01. The number of nitrogens with zero attached hydrogens (tertiary/aromatic N) is 2. The Morgan fingerprint density at radius 3 is 2.80 bits per heavy atom. The molecular formula is C13H15Cl2FN2OS. The van der Waals surface area contributed by atoms with Crippen LogP contribution < -0.4 is 0 Å². The van der Waals surface area contributed by atoms with E-state index in [-0.39, 0.29) is 10.3 Å². The van der Waals surface area contributed by atoms with Crippen LogP contribution in [-0.4, -0.2) is 31.1 Å². The SMILES string of the molecule is CC(Cn1c(CCCl)nc2cc(Cl)c(F)cc21)S(C)=O. The van der Waals surface area contributed by atoms with Crippen LogP contribution in [0, 0.1) is 5.82 Å². The second kappa shape index (κ2) is 6.41. The first kappa shape index (κ1) is 15.7. The third-order valence-electron chi connectivity index (χ3n) is 3.19. The topological polar surface area (TPSA) is 34.9 Å². The number of fused-ring (bicyclic) bond motifs is 1. The second-order valence-corrected chi connectivity index (χ2v) is 7.23. The fraction of sp³-hybridized carbons (Fsp3) is 0.462. The van der Waals surface area contributed by atoms with Crippen LogP contribution in [0.2, 0.25) is 5.02 Å². The lowest BCUT2D eigenvalue weighted by Crippen LogP contribution is -2.19. The molecule has 2 rings (SSSR count). The third kappa shape index (κ3) is 3.15. The van der Waals surface area contributed by atoms with E-state index in [9.17, 15) is 8.60 Å². The number of hydrogen-bond donors (Lipinski definition) is 0. The van der Waals surface area contributed by atoms with Crippen molar-refractivity contribution in [2.24, 2.45) is 0 Å². The Labute approximate surface area is 129 Å². The first-order valence-electron chi connectivity index (χ1n) is 6.16. The highest BCUT2D eigenvalue weighted by atomic mass is 35.5. The number of halogens is 3. The van der Waals surface area contributed by atoms with E-state index in [1.165, 1.54) is 12.1 Å². The van der Waals surface area contributed by atoms with Gasteiger partial charge in [-0.25, -0.2) is 9.37 Å². The lowest BCUT2D eigenvalue weighted by molar-refractivity contribution is 0.622. The maximum absolute atomic E-state index is 13.7. The van der Waals surface area contributed by atoms with Crippen molar-refractivity contribution in [3.8, 4) is 0 Å². The van der Waals surface area contributed by atoms with E-state index >= 15 is 0 Å². The molecule has 1 aromatic heterocycles. The van der Waals surface area contributed by atoms with Crippen LogP contribution in [0.25, 0.3) is 11.0 Å². The first-order chi connectivity index (χ1) is 9.43. The van der Waals surface area contributed by atoms with Crippen molar-refractivity contribution in [1.29, 1.82) is 0 Å². The minimum atomic E-state index is -0.961. The highest BCUT2D eigenvalue weighted by molar-refractivity contribution is 7.84. The molecule has 0 aliphatic rings. The van der Waals surface area contributed by atoms with E-state index in [0.29, 0.717) is 29.9 Å². The molecule has 2 aromatic rings. The molecule has 20 heavy (non-hydrogen) atoms. The number of rotatable bonds is 5. The van der Waals surface area contributed by atoms with Gasteiger partial charge in [-0.3, -0.25) is 4.21 Å². The van der Waals surface area contributed by atoms with Crippen LogP contribution in [0.4, 0.5) is 4.39 Å². The molecule has 1 aromatic carbocycles. The Hall–Kier alpha value is -0.650. The van der Waals surface area contributed by atoms with E-state index in [1.54, 1.807) is 6.26 Å². The Balaban J connectivity index is 2.55. The van der Waals surface area contributed by atoms with Crippen LogP contribution in [0.15, 0.2) is 12.1 Å². The van der Waals surface area contributed by atoms with Crippen LogP contribution in [0.3, 0.4) is 0 Å². The summed E-state index contributed by atoms with van der Waals surface area (Å²) in [4.78, 5) is 4.45. The van der Waals surface area contributed by atoms with Gasteiger partial charge in [0, 0.05) is 47.2 Å². The van der Waals surface area contributed by atoms with Gasteiger partial charge in [-0.05, 0) is 13.0 Å². The molecule has 0 saturated heterocycles. The smallest absolute Gasteiger partial charge is 0.144 e. The van der Waals surface area contributed by atoms with Crippen LogP contribution in [0.5, 0.6) is 0 Å². The summed E-state index contributed by atoms with van der Waals surface area (Å²) in [6.07, 6.45) is 2.22. The van der Waals surface area contributed by atoms with Crippen molar-refractivity contribution in [3.05, 3.63) is 28.8 Å². The summed E-state index contributed by atoms with van der Waals surface area (Å²) in [7, 11) is -0.961. The summed E-state index contributed by atoms with van der Waals surface area (Å²) in [6, 6.07) is 2.88. The number of aryl methyl sites for hydroxylation is 1. The third-order valence-corrected chi connectivity index (χ3v) is 4.95. The lowest BCUT2D eigenvalue weighted by atomic mass is 10.3. The normalized spacial score (nSPS) is 14.7. The molecule has 0 fully saturated rings. The van der Waals surface area contributed by atoms with Gasteiger partial charge in [0.05, 0.1) is 16.1 Å². The molecule has 1 heterocycles. The van der Waals surface area contributed by atoms with E-state index in [2.05, 4.69) is 4.98 Å². The van der Waals surface area contributed by atoms with Gasteiger partial charge in [0.2, 0.25) is 0 Å². The minimum absolute atomic E-state index is 0.0479. The summed E-state index contributed by atoms with van der Waals surface area (Å²) >= 11 is 11.6. The van der Waals surface area contributed by atoms with Gasteiger partial charge >= 0.3 is 0 Å². The Bertz CT molecular complexity index is 659. The zero-order chi connectivity index (χ0) is 14.9. The Morgan fingerprint density at radius 1 is 1.50 bits per heavy atom. The Kier molecular flexibility index (Phi) is 5.04. The standard InChI is InChI=1S/C13H15Cl2FN2OS/c1-8(20(2)19)7-18-12-6-10(16)9(15)5-11(12)17-13(18)3-4-14/h5-6,8H,3-4,7H2,1-2H3. The predicted octanol–water partition coefficient (Wildman–Crippen LogP) is 3.38. The molecule has 3 nitrogen and oxygen atoms in total. The van der Waals surface area contributed by atoms with Crippen LogP contribution >= 0.6 is 23.2 Å². The molecule has 7 heteroatoms. The number of hydrogen-bond acceptors (Lipinski definition) is 2. The molecule has 2 unspecified atom stereocenters. The summed E-state index contributed by atoms with van der Waals surface area (Å²) in [5, 5.41) is -0.00750. The molecule has 0 saturated carbocycles. The van der Waals surface area contributed by atoms with Crippen molar-refractivity contribution >= 4 is 45.0 Å². The van der Waals surface area contributed by atoms with E-state index < -0.39 is 16.6 Å². The van der Waals surface area contributed by atoms with Crippen LogP contribution in [-0.2, 0) is 23.8 Å². The Morgan fingerprint density at radius 2 is 2.20 bits per heavy atom. The van der Waals surface area contributed by atoms with Crippen molar-refractivity contribution in [2.45, 2.75) is 25.1 Å². The molecule has 110 valence electrons. The maximum atomic E-state index is 13.7. The van der Waals surface area contributed by atoms with Crippen molar-refractivity contribution in [1.82, 2.24) is 9.55 Å². The average molecular weight is 337 g/mol. The molecule has 0 spiro atoms. The molecular weight excluding hydrogens is 322 g/mol. The van der Waals surface area contributed by atoms with Crippen molar-refractivity contribution in [3.63, 3.8) is 0 Å². The van der Waals surface area contributed by atoms with Crippen LogP contribution in [0.1, 0.15) is 12.7 Å². The molecule has 0 aliphatic heterocycles. The van der Waals surface area contributed by atoms with Gasteiger partial charge in [0.1, 0.15) is 11.6 Å². The number of benzene rings is 1. The first-order valence-corrected chi connectivity index (χ1v) is 8.69. The summed E-state index contributed by atoms with van der Waals surface area (Å²) in [5.74, 6) is 0.695. The summed E-state index contributed by atoms with van der Waals surface area (Å²) in [5.41, 5.74) is 1.29. The van der Waals surface area contributed by atoms with Gasteiger partial charge in [0.25, 0.3) is 0 Å². The van der Waals surface area contributed by atoms with Gasteiger partial charge in [0.15, 0.2) is 0 Å². The zero-order valence-electron chi connectivity index (χ0n) is 11.2. The van der Waals surface area contributed by atoms with Crippen molar-refractivity contribution < 1.29 is 8.60 Å². The largest absolute Gasteiger partial charge is 0.327 e. The molecule has 0 bridgehead atoms. The fourth-order valence-corrected chi connectivity index (χ4v) is 2.70. The monoisotopic (exact) mass is 336 g/mol. The van der Waals surface area contributed by atoms with Gasteiger partial charge in [-0.2, -0.15) is 0 Å². The van der Waals surface area contributed by atoms with Crippen molar-refractivity contribution in [2.75, 3.05) is 12.1 Å². The van der Waals surface area contributed by atoms with Gasteiger partial charge in [-0.15, -0.1) is 11.6 Å². The van der Waals surface area contributed by atoms with E-state index in [4.69, 9.17) is 23.2 Å². The number of aromatic nitrogens is 2. The second-order valence-electron chi connectivity index (χ2n) is 4.64. The highest BCUT2D eigenvalue weighted by Crippen LogP contribution is 2.24. The van der Waals surface area contributed by atoms with E-state index in [0.717, 1.165) is 5.82 Å². The van der Waals surface area contributed by atoms with Gasteiger partial charge < -0.3 is 4.57 Å². The van der Waals surface area contributed by atoms with E-state index in [1.807, 2.05) is 11.5 Å². The molecule has 0 radical (unpaired) electrons. The molecule has 2 atom stereocenters. The molecule has 0 N–H and O–H groups in total. The minimum Gasteiger partial charge on any atom is -0.327 e. The highest BCUT2D eigenvalue weighted by Gasteiger charge is 2.16. The lowest BCUT2D eigenvalue weighted by Gasteiger charge is -2.13. The molecule has 0 amide bonds. The predicted molar refractivity (Wildman–Crippen MR) is 82.7 cm³/mol. The summed E-state index contributed by atoms with van der Waals surface area (Å²) in [6.45, 7) is 2.39. The maximum Gasteiger partial charge on any atom is 0.144 e. The summed E-state index contributed by atoms with van der Waals surface area (Å²) < 4.78 is 27.1. The number of imidazole rings is 1. The molecule has 0 aliphatic carbocycles. The number of alkyl halides is 1. The zero-order valence-corrected chi connectivity index (χ0v) is 13.5. The van der Waals surface area contributed by atoms with Gasteiger partial charge in [-0.1, -0.05) is 11.6 Å². The average Bonchev–Trinajstić information content (AvgIpc) is 2.68.